The molecule has 0 unspecified atom stereocenters. The summed E-state index contributed by atoms with van der Waals surface area (Å²) in [4.78, 5) is 18.9. The summed E-state index contributed by atoms with van der Waals surface area (Å²) in [6.07, 6.45) is 7.21. The molecule has 1 aliphatic carbocycles. The van der Waals surface area contributed by atoms with Gasteiger partial charge in [-0.25, -0.2) is 0 Å². The maximum atomic E-state index is 12.8. The molecule has 2 heterocycles. The van der Waals surface area contributed by atoms with Crippen molar-refractivity contribution in [3.8, 4) is 0 Å². The molecule has 1 saturated carbocycles. The predicted molar refractivity (Wildman–Crippen MR) is 96.0 cm³/mol. The number of amides is 1. The summed E-state index contributed by atoms with van der Waals surface area (Å²) in [6.45, 7) is 3.04. The monoisotopic (exact) mass is 336 g/mol. The van der Waals surface area contributed by atoms with E-state index in [9.17, 15) is 4.79 Å². The zero-order valence-electron chi connectivity index (χ0n) is 14.4. The second-order valence-electron chi connectivity index (χ2n) is 7.35. The Morgan fingerprint density at radius 1 is 1.20 bits per heavy atom. The third kappa shape index (κ3) is 3.31. The molecular weight excluding hydrogens is 312 g/mol. The van der Waals surface area contributed by atoms with Crippen LogP contribution in [-0.2, 0) is 11.3 Å². The fraction of sp³-hybridized carbons (Fsp3) is 0.429. The molecule has 0 radical (unpaired) electrons. The van der Waals surface area contributed by atoms with Crippen LogP contribution in [0.1, 0.15) is 35.2 Å². The molecule has 1 amide bonds. The number of nitrogens with zero attached hydrogens (tertiary/aromatic N) is 2. The number of carbonyl (C=O) groups is 1. The second-order valence-corrected chi connectivity index (χ2v) is 7.35. The van der Waals surface area contributed by atoms with E-state index >= 15 is 0 Å². The Kier molecular flexibility index (Phi) is 4.53. The smallest absolute Gasteiger partial charge is 0.253 e. The Hall–Kier alpha value is -2.20. The number of hydrogen-bond donors (Lipinski definition) is 0. The van der Waals surface area contributed by atoms with Crippen LogP contribution in [0.15, 0.2) is 54.9 Å². The van der Waals surface area contributed by atoms with Gasteiger partial charge in [0.1, 0.15) is 0 Å². The van der Waals surface area contributed by atoms with Crippen molar-refractivity contribution >= 4 is 5.91 Å². The lowest BCUT2D eigenvalue weighted by Crippen LogP contribution is -2.34. The first-order valence-electron chi connectivity index (χ1n) is 9.08. The van der Waals surface area contributed by atoms with Crippen molar-refractivity contribution in [2.45, 2.75) is 25.9 Å². The Morgan fingerprint density at radius 3 is 2.80 bits per heavy atom. The molecule has 0 bridgehead atoms. The van der Waals surface area contributed by atoms with Gasteiger partial charge >= 0.3 is 0 Å². The van der Waals surface area contributed by atoms with Crippen LogP contribution in [0.5, 0.6) is 0 Å². The van der Waals surface area contributed by atoms with E-state index in [4.69, 9.17) is 4.74 Å². The number of likely N-dealkylation sites (tertiary alicyclic amines) is 1. The second kappa shape index (κ2) is 6.96. The standard InChI is InChI=1S/C21H24N2O2/c24-20(18-5-2-1-3-6-18)23-13-19-7-4-10-21(19,15-23)16-25-14-17-8-11-22-12-9-17/h1-3,5-6,8-9,11-12,19H,4,7,10,13-16H2/t19-,21+/m1/s1. The number of aromatic nitrogens is 1. The highest BCUT2D eigenvalue weighted by molar-refractivity contribution is 5.94. The molecule has 2 atom stereocenters. The van der Waals surface area contributed by atoms with Crippen molar-refractivity contribution < 1.29 is 9.53 Å². The Balaban J connectivity index is 1.41. The summed E-state index contributed by atoms with van der Waals surface area (Å²) >= 11 is 0. The molecule has 1 aliphatic heterocycles. The van der Waals surface area contributed by atoms with E-state index in [0.717, 1.165) is 37.2 Å². The minimum Gasteiger partial charge on any atom is -0.376 e. The van der Waals surface area contributed by atoms with E-state index in [-0.39, 0.29) is 11.3 Å². The molecule has 2 aromatic rings. The summed E-state index contributed by atoms with van der Waals surface area (Å²) < 4.78 is 6.08. The lowest BCUT2D eigenvalue weighted by atomic mass is 9.81. The molecule has 2 aliphatic rings. The van der Waals surface area contributed by atoms with E-state index in [1.165, 1.54) is 12.8 Å². The highest BCUT2D eigenvalue weighted by atomic mass is 16.5. The van der Waals surface area contributed by atoms with Gasteiger partial charge < -0.3 is 9.64 Å². The molecule has 1 aromatic carbocycles. The lowest BCUT2D eigenvalue weighted by Gasteiger charge is -2.28. The van der Waals surface area contributed by atoms with E-state index in [1.807, 2.05) is 47.4 Å². The number of ether oxygens (including phenoxy) is 1. The number of benzene rings is 1. The minimum absolute atomic E-state index is 0.136. The molecule has 0 N–H and O–H groups in total. The van der Waals surface area contributed by atoms with Crippen LogP contribution in [-0.4, -0.2) is 35.5 Å². The van der Waals surface area contributed by atoms with Crippen LogP contribution in [0.4, 0.5) is 0 Å². The van der Waals surface area contributed by atoms with Crippen LogP contribution < -0.4 is 0 Å². The van der Waals surface area contributed by atoms with Gasteiger partial charge in [-0.15, -0.1) is 0 Å². The lowest BCUT2D eigenvalue weighted by molar-refractivity contribution is 0.0265. The average Bonchev–Trinajstić information content (AvgIpc) is 3.20. The minimum atomic E-state index is 0.136. The molecule has 1 aromatic heterocycles. The SMILES string of the molecule is O=C(c1ccccc1)N1C[C@H]2CCC[C@@]2(COCc2ccncc2)C1. The zero-order valence-corrected chi connectivity index (χ0v) is 14.4. The normalized spacial score (nSPS) is 25.1. The van der Waals surface area contributed by atoms with Crippen LogP contribution in [0.2, 0.25) is 0 Å². The van der Waals surface area contributed by atoms with Crippen molar-refractivity contribution in [3.63, 3.8) is 0 Å². The number of carbonyl (C=O) groups excluding carboxylic acids is 1. The van der Waals surface area contributed by atoms with Gasteiger partial charge in [-0.2, -0.15) is 0 Å². The molecule has 4 rings (SSSR count). The fourth-order valence-corrected chi connectivity index (χ4v) is 4.42. The number of pyridine rings is 1. The van der Waals surface area contributed by atoms with Gasteiger partial charge in [-0.1, -0.05) is 24.6 Å². The van der Waals surface area contributed by atoms with Gasteiger partial charge in [0.15, 0.2) is 0 Å². The first kappa shape index (κ1) is 16.3. The molecule has 4 heteroatoms. The number of fused-ring (bicyclic) bond motifs is 1. The van der Waals surface area contributed by atoms with Crippen molar-refractivity contribution in [2.75, 3.05) is 19.7 Å². The van der Waals surface area contributed by atoms with Crippen molar-refractivity contribution in [1.82, 2.24) is 9.88 Å². The average molecular weight is 336 g/mol. The third-order valence-electron chi connectivity index (χ3n) is 5.76. The maximum Gasteiger partial charge on any atom is 0.253 e. The summed E-state index contributed by atoms with van der Waals surface area (Å²) in [5, 5.41) is 0. The molecule has 130 valence electrons. The van der Waals surface area contributed by atoms with E-state index in [1.54, 1.807) is 12.4 Å². The predicted octanol–water partition coefficient (Wildman–Crippen LogP) is 3.54. The Bertz CT molecular complexity index is 719. The maximum absolute atomic E-state index is 12.8. The number of rotatable bonds is 5. The van der Waals surface area contributed by atoms with E-state index in [2.05, 4.69) is 4.98 Å². The van der Waals surface area contributed by atoms with Crippen molar-refractivity contribution in [1.29, 1.82) is 0 Å². The van der Waals surface area contributed by atoms with Crippen molar-refractivity contribution in [3.05, 3.63) is 66.0 Å². The largest absolute Gasteiger partial charge is 0.376 e. The summed E-state index contributed by atoms with van der Waals surface area (Å²) in [7, 11) is 0. The Labute approximate surface area is 148 Å². The van der Waals surface area contributed by atoms with E-state index in [0.29, 0.717) is 12.5 Å². The molecule has 25 heavy (non-hydrogen) atoms. The van der Waals surface area contributed by atoms with Gasteiger partial charge in [0.2, 0.25) is 0 Å². The molecular formula is C21H24N2O2. The number of hydrogen-bond acceptors (Lipinski definition) is 3. The van der Waals surface area contributed by atoms with Gasteiger partial charge in [-0.3, -0.25) is 9.78 Å². The highest BCUT2D eigenvalue weighted by Gasteiger charge is 2.50. The van der Waals surface area contributed by atoms with Gasteiger partial charge in [0.25, 0.3) is 5.91 Å². The van der Waals surface area contributed by atoms with Crippen LogP contribution in [0.3, 0.4) is 0 Å². The van der Waals surface area contributed by atoms with Crippen LogP contribution in [0.25, 0.3) is 0 Å². The van der Waals surface area contributed by atoms with Crippen molar-refractivity contribution in [2.24, 2.45) is 11.3 Å². The van der Waals surface area contributed by atoms with Gasteiger partial charge in [0.05, 0.1) is 13.2 Å². The molecule has 0 spiro atoms. The summed E-state index contributed by atoms with van der Waals surface area (Å²) in [5.41, 5.74) is 2.07. The quantitative estimate of drug-likeness (QED) is 0.839. The fourth-order valence-electron chi connectivity index (χ4n) is 4.42. The Morgan fingerprint density at radius 2 is 2.00 bits per heavy atom. The first-order chi connectivity index (χ1) is 12.3. The molecule has 4 nitrogen and oxygen atoms in total. The first-order valence-corrected chi connectivity index (χ1v) is 9.08. The third-order valence-corrected chi connectivity index (χ3v) is 5.76. The molecule has 1 saturated heterocycles. The van der Waals surface area contributed by atoms with Crippen LogP contribution in [0, 0.1) is 11.3 Å². The summed E-state index contributed by atoms with van der Waals surface area (Å²) in [6, 6.07) is 13.6. The van der Waals surface area contributed by atoms with Gasteiger partial charge in [-0.05, 0) is 48.6 Å². The highest BCUT2D eigenvalue weighted by Crippen LogP contribution is 2.49. The van der Waals surface area contributed by atoms with Crippen LogP contribution >= 0.6 is 0 Å². The van der Waals surface area contributed by atoms with Gasteiger partial charge in [0, 0.05) is 36.5 Å². The van der Waals surface area contributed by atoms with E-state index < -0.39 is 0 Å². The topological polar surface area (TPSA) is 42.4 Å². The summed E-state index contributed by atoms with van der Waals surface area (Å²) in [5.74, 6) is 0.723. The molecule has 2 fully saturated rings. The zero-order chi connectivity index (χ0) is 17.1.